The Hall–Kier alpha value is -3.32. The van der Waals surface area contributed by atoms with E-state index in [0.29, 0.717) is 34.0 Å². The highest BCUT2D eigenvalue weighted by Crippen LogP contribution is 2.18. The molecule has 1 aromatic carbocycles. The van der Waals surface area contributed by atoms with Crippen LogP contribution < -0.4 is 5.43 Å². The Kier molecular flexibility index (Phi) is 4.75. The van der Waals surface area contributed by atoms with Gasteiger partial charge < -0.3 is 4.57 Å². The molecule has 0 bridgehead atoms. The van der Waals surface area contributed by atoms with Crippen LogP contribution in [0.4, 0.5) is 5.95 Å². The first kappa shape index (κ1) is 18.1. The topological polar surface area (TPSA) is 88.8 Å². The maximum atomic E-state index is 12.9. The molecule has 0 unspecified atom stereocenters. The van der Waals surface area contributed by atoms with Crippen LogP contribution in [-0.2, 0) is 6.54 Å². The molecule has 3 heterocycles. The Morgan fingerprint density at radius 1 is 1.18 bits per heavy atom. The summed E-state index contributed by atoms with van der Waals surface area (Å²) in [6, 6.07) is 10.9. The van der Waals surface area contributed by atoms with Gasteiger partial charge in [-0.15, -0.1) is 5.10 Å². The minimum atomic E-state index is -0.142. The molecule has 0 amide bonds. The molecular formula is C20H17ClN6O. The maximum Gasteiger partial charge on any atom is 0.268 e. The van der Waals surface area contributed by atoms with E-state index in [1.54, 1.807) is 30.6 Å². The first-order valence-electron chi connectivity index (χ1n) is 8.78. The van der Waals surface area contributed by atoms with Crippen molar-refractivity contribution >= 4 is 34.8 Å². The van der Waals surface area contributed by atoms with Crippen molar-refractivity contribution in [3.63, 3.8) is 0 Å². The van der Waals surface area contributed by atoms with E-state index < -0.39 is 0 Å². The molecule has 140 valence electrons. The molecule has 7 nitrogen and oxygen atoms in total. The van der Waals surface area contributed by atoms with E-state index in [9.17, 15) is 4.79 Å². The number of nitrogens with one attached hydrogen (secondary N) is 1. The van der Waals surface area contributed by atoms with Gasteiger partial charge >= 0.3 is 0 Å². The third kappa shape index (κ3) is 3.44. The van der Waals surface area contributed by atoms with Gasteiger partial charge in [-0.05, 0) is 43.7 Å². The monoisotopic (exact) mass is 392 g/mol. The highest BCUT2D eigenvalue weighted by Gasteiger charge is 2.14. The molecule has 0 saturated heterocycles. The van der Waals surface area contributed by atoms with Gasteiger partial charge in [0.05, 0.1) is 10.9 Å². The van der Waals surface area contributed by atoms with Crippen molar-refractivity contribution in [2.24, 2.45) is 4.99 Å². The summed E-state index contributed by atoms with van der Waals surface area (Å²) in [5, 5.41) is 8.10. The molecule has 0 aliphatic rings. The van der Waals surface area contributed by atoms with E-state index >= 15 is 0 Å². The van der Waals surface area contributed by atoms with Gasteiger partial charge in [-0.2, -0.15) is 4.98 Å². The maximum absolute atomic E-state index is 12.9. The molecule has 0 saturated carbocycles. The van der Waals surface area contributed by atoms with Crippen molar-refractivity contribution in [3.8, 4) is 11.4 Å². The molecule has 0 aliphatic heterocycles. The summed E-state index contributed by atoms with van der Waals surface area (Å²) in [6.45, 7) is 4.58. The largest absolute Gasteiger partial charge is 0.332 e. The van der Waals surface area contributed by atoms with E-state index in [-0.39, 0.29) is 11.4 Å². The SMILES string of the molecule is CCn1cc(-c2nc(N=Cc3ccc(Cl)cc3)n[nH]2)c(=O)c2ccc(C)nc21. The predicted octanol–water partition coefficient (Wildman–Crippen LogP) is 3.91. The number of pyridine rings is 2. The van der Waals surface area contributed by atoms with Crippen LogP contribution in [0.1, 0.15) is 18.2 Å². The zero-order valence-corrected chi connectivity index (χ0v) is 16.1. The number of aryl methyl sites for hydroxylation is 2. The van der Waals surface area contributed by atoms with E-state index in [0.717, 1.165) is 11.3 Å². The van der Waals surface area contributed by atoms with Crippen LogP contribution in [0, 0.1) is 6.92 Å². The van der Waals surface area contributed by atoms with Crippen LogP contribution >= 0.6 is 11.6 Å². The lowest BCUT2D eigenvalue weighted by atomic mass is 10.1. The summed E-state index contributed by atoms with van der Waals surface area (Å²) in [5.74, 6) is 0.618. The standard InChI is InChI=1S/C20H17ClN6O/c1-3-27-11-16(17(28)15-9-4-12(2)23-19(15)27)18-24-20(26-25-18)22-10-13-5-7-14(21)8-6-13/h4-11H,3H2,1-2H3,(H,24,25,26). The van der Waals surface area contributed by atoms with Gasteiger partial charge in [-0.3, -0.25) is 9.89 Å². The van der Waals surface area contributed by atoms with Crippen LogP contribution in [0.5, 0.6) is 0 Å². The van der Waals surface area contributed by atoms with Gasteiger partial charge in [0.15, 0.2) is 5.82 Å². The second-order valence-corrected chi connectivity index (χ2v) is 6.71. The molecule has 4 rings (SSSR count). The zero-order valence-electron chi connectivity index (χ0n) is 15.3. The van der Waals surface area contributed by atoms with Crippen LogP contribution in [0.25, 0.3) is 22.4 Å². The average Bonchev–Trinajstić information content (AvgIpc) is 3.16. The third-order valence-electron chi connectivity index (χ3n) is 4.33. The van der Waals surface area contributed by atoms with Gasteiger partial charge in [-0.1, -0.05) is 23.7 Å². The lowest BCUT2D eigenvalue weighted by molar-refractivity contribution is 0.776. The molecule has 0 radical (unpaired) electrons. The highest BCUT2D eigenvalue weighted by molar-refractivity contribution is 6.30. The Morgan fingerprint density at radius 2 is 1.96 bits per heavy atom. The second-order valence-electron chi connectivity index (χ2n) is 6.28. The first-order valence-corrected chi connectivity index (χ1v) is 9.16. The van der Waals surface area contributed by atoms with Gasteiger partial charge in [0.1, 0.15) is 5.65 Å². The summed E-state index contributed by atoms with van der Waals surface area (Å²) < 4.78 is 1.93. The lowest BCUT2D eigenvalue weighted by Gasteiger charge is -2.10. The fourth-order valence-electron chi connectivity index (χ4n) is 2.88. The van der Waals surface area contributed by atoms with Crippen molar-refractivity contribution in [1.82, 2.24) is 24.7 Å². The minimum Gasteiger partial charge on any atom is -0.332 e. The molecule has 4 aromatic rings. The summed E-state index contributed by atoms with van der Waals surface area (Å²) in [7, 11) is 0. The lowest BCUT2D eigenvalue weighted by Crippen LogP contribution is -2.13. The van der Waals surface area contributed by atoms with E-state index in [1.807, 2.05) is 36.6 Å². The van der Waals surface area contributed by atoms with Crippen molar-refractivity contribution in [3.05, 3.63) is 69.1 Å². The van der Waals surface area contributed by atoms with Crippen molar-refractivity contribution in [1.29, 1.82) is 0 Å². The second kappa shape index (κ2) is 7.36. The number of nitrogens with zero attached hydrogens (tertiary/aromatic N) is 5. The number of aliphatic imine (C=N–C) groups is 1. The summed E-state index contributed by atoms with van der Waals surface area (Å²) >= 11 is 5.88. The first-order chi connectivity index (χ1) is 13.5. The molecule has 0 atom stereocenters. The fraction of sp³-hybridized carbons (Fsp3) is 0.150. The Morgan fingerprint density at radius 3 is 2.71 bits per heavy atom. The number of halogens is 1. The number of aromatic nitrogens is 5. The normalized spacial score (nSPS) is 11.5. The smallest absolute Gasteiger partial charge is 0.268 e. The predicted molar refractivity (Wildman–Crippen MR) is 110 cm³/mol. The van der Waals surface area contributed by atoms with E-state index in [1.165, 1.54) is 0 Å². The van der Waals surface area contributed by atoms with Crippen molar-refractivity contribution < 1.29 is 0 Å². The van der Waals surface area contributed by atoms with Crippen LogP contribution in [0.2, 0.25) is 5.02 Å². The number of fused-ring (bicyclic) bond motifs is 1. The molecule has 8 heteroatoms. The van der Waals surface area contributed by atoms with Crippen LogP contribution in [-0.4, -0.2) is 30.9 Å². The number of H-pyrrole nitrogens is 1. The Labute approximate surface area is 165 Å². The van der Waals surface area contributed by atoms with Crippen LogP contribution in [0.15, 0.2) is 52.4 Å². The average molecular weight is 393 g/mol. The van der Waals surface area contributed by atoms with Gasteiger partial charge in [-0.25, -0.2) is 9.98 Å². The van der Waals surface area contributed by atoms with Gasteiger partial charge in [0.25, 0.3) is 5.95 Å². The van der Waals surface area contributed by atoms with Crippen molar-refractivity contribution in [2.45, 2.75) is 20.4 Å². The summed E-state index contributed by atoms with van der Waals surface area (Å²) in [5.41, 5.74) is 2.69. The van der Waals surface area contributed by atoms with Gasteiger partial charge in [0.2, 0.25) is 5.43 Å². The van der Waals surface area contributed by atoms with E-state index in [2.05, 4.69) is 25.2 Å². The summed E-state index contributed by atoms with van der Waals surface area (Å²) in [6.07, 6.45) is 3.39. The molecule has 0 aliphatic carbocycles. The van der Waals surface area contributed by atoms with Crippen LogP contribution in [0.3, 0.4) is 0 Å². The molecule has 28 heavy (non-hydrogen) atoms. The number of hydrogen-bond acceptors (Lipinski definition) is 5. The number of rotatable bonds is 4. The summed E-state index contributed by atoms with van der Waals surface area (Å²) in [4.78, 5) is 26.0. The van der Waals surface area contributed by atoms with E-state index in [4.69, 9.17) is 11.6 Å². The molecule has 3 aromatic heterocycles. The number of benzene rings is 1. The van der Waals surface area contributed by atoms with Crippen molar-refractivity contribution in [2.75, 3.05) is 0 Å². The number of aromatic amines is 1. The third-order valence-corrected chi connectivity index (χ3v) is 4.58. The molecule has 1 N–H and O–H groups in total. The minimum absolute atomic E-state index is 0.142. The highest BCUT2D eigenvalue weighted by atomic mass is 35.5. The molecular weight excluding hydrogens is 376 g/mol. The zero-order chi connectivity index (χ0) is 19.7. The quantitative estimate of drug-likeness (QED) is 0.533. The molecule has 0 fully saturated rings. The Balaban J connectivity index is 1.73. The van der Waals surface area contributed by atoms with Gasteiger partial charge in [0, 0.05) is 29.7 Å². The molecule has 0 spiro atoms. The Bertz CT molecular complexity index is 1240. The number of hydrogen-bond donors (Lipinski definition) is 1. The fourth-order valence-corrected chi connectivity index (χ4v) is 3.01.